The van der Waals surface area contributed by atoms with Crippen molar-refractivity contribution in [1.29, 1.82) is 0 Å². The molecule has 0 spiro atoms. The van der Waals surface area contributed by atoms with E-state index in [2.05, 4.69) is 4.98 Å². The van der Waals surface area contributed by atoms with Gasteiger partial charge in [0.2, 0.25) is 0 Å². The van der Waals surface area contributed by atoms with Crippen LogP contribution < -0.4 is 4.74 Å². The van der Waals surface area contributed by atoms with Crippen LogP contribution in [0, 0.1) is 6.92 Å². The number of carbonyl (C=O) groups is 2. The molecule has 0 radical (unpaired) electrons. The number of ether oxygens (including phenoxy) is 1. The van der Waals surface area contributed by atoms with Crippen LogP contribution in [0.5, 0.6) is 5.75 Å². The first-order valence-corrected chi connectivity index (χ1v) is 10.8. The summed E-state index contributed by atoms with van der Waals surface area (Å²) < 4.78 is 7.38. The van der Waals surface area contributed by atoms with Crippen molar-refractivity contribution >= 4 is 11.6 Å². The molecule has 1 aliphatic heterocycles. The van der Waals surface area contributed by atoms with Gasteiger partial charge >= 0.3 is 0 Å². The average molecular weight is 430 g/mol. The molecule has 0 saturated carbocycles. The van der Waals surface area contributed by atoms with E-state index in [9.17, 15) is 9.59 Å². The smallest absolute Gasteiger partial charge is 0.187 e. The molecule has 1 saturated heterocycles. The lowest BCUT2D eigenvalue weighted by atomic mass is 9.94. The van der Waals surface area contributed by atoms with Gasteiger partial charge in [-0.05, 0) is 44.4 Å². The molecule has 1 fully saturated rings. The van der Waals surface area contributed by atoms with Crippen molar-refractivity contribution in [2.45, 2.75) is 32.2 Å². The van der Waals surface area contributed by atoms with Crippen molar-refractivity contribution in [3.63, 3.8) is 0 Å². The molecule has 0 bridgehead atoms. The predicted octanol–water partition coefficient (Wildman–Crippen LogP) is 4.62. The van der Waals surface area contributed by atoms with Crippen molar-refractivity contribution in [1.82, 2.24) is 14.5 Å². The molecule has 1 aromatic heterocycles. The Bertz CT molecular complexity index is 1130. The molecule has 2 aromatic carbocycles. The van der Waals surface area contributed by atoms with Crippen molar-refractivity contribution in [3.8, 4) is 11.4 Å². The average Bonchev–Trinajstić information content (AvgIpc) is 3.28. The van der Waals surface area contributed by atoms with Gasteiger partial charge in [-0.25, -0.2) is 4.98 Å². The molecular formula is C26H27N3O3. The monoisotopic (exact) mass is 429 g/mol. The first-order valence-electron chi connectivity index (χ1n) is 10.8. The lowest BCUT2D eigenvalue weighted by Crippen LogP contribution is -2.41. The van der Waals surface area contributed by atoms with E-state index in [0.29, 0.717) is 16.9 Å². The SMILES string of the molecule is COc1cc(C(=O)C=CN2CCCCC2C(=O)c2ccccc2)ccc1-n1cnc(C)c1. The number of rotatable bonds is 7. The largest absolute Gasteiger partial charge is 0.495 e. The predicted molar refractivity (Wildman–Crippen MR) is 123 cm³/mol. The minimum absolute atomic E-state index is 0.101. The maximum Gasteiger partial charge on any atom is 0.187 e. The molecule has 2 heterocycles. The molecule has 3 aromatic rings. The van der Waals surface area contributed by atoms with E-state index in [4.69, 9.17) is 4.74 Å². The number of hydrogen-bond donors (Lipinski definition) is 0. The quantitative estimate of drug-likeness (QED) is 0.405. The van der Waals surface area contributed by atoms with E-state index in [-0.39, 0.29) is 17.6 Å². The highest BCUT2D eigenvalue weighted by atomic mass is 16.5. The lowest BCUT2D eigenvalue weighted by Gasteiger charge is -2.33. The second-order valence-corrected chi connectivity index (χ2v) is 7.97. The number of nitrogens with zero attached hydrogens (tertiary/aromatic N) is 3. The van der Waals surface area contributed by atoms with Gasteiger partial charge in [0.1, 0.15) is 5.75 Å². The number of methoxy groups -OCH3 is 1. The zero-order valence-corrected chi connectivity index (χ0v) is 18.4. The second-order valence-electron chi connectivity index (χ2n) is 7.97. The van der Waals surface area contributed by atoms with Gasteiger partial charge in [0.05, 0.1) is 30.9 Å². The number of aryl methyl sites for hydroxylation is 1. The summed E-state index contributed by atoms with van der Waals surface area (Å²) in [5.41, 5.74) is 2.95. The normalized spacial score (nSPS) is 16.3. The Morgan fingerprint density at radius 1 is 1.09 bits per heavy atom. The van der Waals surface area contributed by atoms with Crippen LogP contribution in [0.1, 0.15) is 45.7 Å². The molecule has 1 aliphatic rings. The Hall–Kier alpha value is -3.67. The van der Waals surface area contributed by atoms with Crippen LogP contribution >= 0.6 is 0 Å². The number of imidazole rings is 1. The molecule has 0 amide bonds. The Labute approximate surface area is 188 Å². The fourth-order valence-electron chi connectivity index (χ4n) is 4.07. The standard InChI is InChI=1S/C26H27N3O3/c1-19-17-29(18-27-19)22-12-11-21(16-25(22)32-2)24(30)13-15-28-14-7-6-10-23(28)26(31)20-8-4-3-5-9-20/h3-5,8-9,11-13,15-18,23H,6-7,10,14H2,1-2H3. The fraction of sp³-hybridized carbons (Fsp3) is 0.269. The van der Waals surface area contributed by atoms with Gasteiger partial charge in [-0.1, -0.05) is 30.3 Å². The lowest BCUT2D eigenvalue weighted by molar-refractivity contribution is 0.0824. The first kappa shape index (κ1) is 21.6. The third kappa shape index (κ3) is 4.64. The highest BCUT2D eigenvalue weighted by molar-refractivity contribution is 6.05. The van der Waals surface area contributed by atoms with E-state index in [1.165, 1.54) is 0 Å². The summed E-state index contributed by atoms with van der Waals surface area (Å²) in [6.45, 7) is 2.68. The van der Waals surface area contributed by atoms with Crippen LogP contribution in [0.2, 0.25) is 0 Å². The van der Waals surface area contributed by atoms with Gasteiger partial charge in [-0.2, -0.15) is 0 Å². The topological polar surface area (TPSA) is 64.4 Å². The van der Waals surface area contributed by atoms with Crippen LogP contribution in [0.3, 0.4) is 0 Å². The summed E-state index contributed by atoms with van der Waals surface area (Å²) in [5.74, 6) is 0.564. The molecule has 1 unspecified atom stereocenters. The van der Waals surface area contributed by atoms with Crippen LogP contribution in [-0.4, -0.2) is 45.7 Å². The first-order chi connectivity index (χ1) is 15.6. The molecular weight excluding hydrogens is 402 g/mol. The van der Waals surface area contributed by atoms with Crippen molar-refractivity contribution in [2.75, 3.05) is 13.7 Å². The van der Waals surface area contributed by atoms with E-state index in [1.54, 1.807) is 37.8 Å². The number of allylic oxidation sites excluding steroid dienone is 1. The van der Waals surface area contributed by atoms with E-state index >= 15 is 0 Å². The molecule has 0 aliphatic carbocycles. The fourth-order valence-corrected chi connectivity index (χ4v) is 4.07. The maximum absolute atomic E-state index is 13.0. The number of benzene rings is 2. The van der Waals surface area contributed by atoms with Gasteiger partial charge in [0.25, 0.3) is 0 Å². The number of likely N-dealkylation sites (tertiary alicyclic amines) is 1. The number of carbonyl (C=O) groups excluding carboxylic acids is 2. The molecule has 0 N–H and O–H groups in total. The number of aromatic nitrogens is 2. The van der Waals surface area contributed by atoms with Crippen LogP contribution in [0.4, 0.5) is 0 Å². The van der Waals surface area contributed by atoms with Crippen LogP contribution in [0.15, 0.2) is 73.3 Å². The van der Waals surface area contributed by atoms with Crippen molar-refractivity contribution in [3.05, 3.63) is 90.2 Å². The molecule has 1 atom stereocenters. The molecule has 4 rings (SSSR count). The number of ketones is 2. The van der Waals surface area contributed by atoms with Gasteiger partial charge in [0.15, 0.2) is 11.6 Å². The highest BCUT2D eigenvalue weighted by Crippen LogP contribution is 2.25. The van der Waals surface area contributed by atoms with Gasteiger partial charge < -0.3 is 14.2 Å². The van der Waals surface area contributed by atoms with E-state index < -0.39 is 0 Å². The summed E-state index contributed by atoms with van der Waals surface area (Å²) >= 11 is 0. The van der Waals surface area contributed by atoms with Gasteiger partial charge in [-0.15, -0.1) is 0 Å². The van der Waals surface area contributed by atoms with Crippen molar-refractivity contribution < 1.29 is 14.3 Å². The third-order valence-electron chi connectivity index (χ3n) is 5.78. The third-order valence-corrected chi connectivity index (χ3v) is 5.78. The van der Waals surface area contributed by atoms with E-state index in [0.717, 1.165) is 37.2 Å². The number of hydrogen-bond acceptors (Lipinski definition) is 5. The molecule has 6 heteroatoms. The Balaban J connectivity index is 1.52. The molecule has 164 valence electrons. The van der Waals surface area contributed by atoms with E-state index in [1.807, 2.05) is 59.0 Å². The summed E-state index contributed by atoms with van der Waals surface area (Å²) in [6.07, 6.45) is 9.74. The van der Waals surface area contributed by atoms with Crippen LogP contribution in [0.25, 0.3) is 5.69 Å². The van der Waals surface area contributed by atoms with Gasteiger partial charge in [-0.3, -0.25) is 9.59 Å². The number of piperidine rings is 1. The Morgan fingerprint density at radius 2 is 1.91 bits per heavy atom. The zero-order valence-electron chi connectivity index (χ0n) is 18.4. The zero-order chi connectivity index (χ0) is 22.5. The summed E-state index contributed by atoms with van der Waals surface area (Å²) in [5, 5.41) is 0. The Kier molecular flexibility index (Phi) is 6.50. The van der Waals surface area contributed by atoms with Crippen molar-refractivity contribution in [2.24, 2.45) is 0 Å². The summed E-state index contributed by atoms with van der Waals surface area (Å²) in [6, 6.07) is 14.5. The second kappa shape index (κ2) is 9.64. The number of Topliss-reactive ketones (excluding diaryl/α,β-unsaturated/α-hetero) is 1. The maximum atomic E-state index is 13.0. The van der Waals surface area contributed by atoms with Gasteiger partial charge in [0, 0.05) is 36.1 Å². The van der Waals surface area contributed by atoms with Crippen LogP contribution in [-0.2, 0) is 0 Å². The minimum atomic E-state index is -0.239. The molecule has 32 heavy (non-hydrogen) atoms. The summed E-state index contributed by atoms with van der Waals surface area (Å²) in [7, 11) is 1.58. The summed E-state index contributed by atoms with van der Waals surface area (Å²) in [4.78, 5) is 32.1. The highest BCUT2D eigenvalue weighted by Gasteiger charge is 2.27. The Morgan fingerprint density at radius 3 is 2.62 bits per heavy atom. The minimum Gasteiger partial charge on any atom is -0.495 e. The molecule has 6 nitrogen and oxygen atoms in total.